The van der Waals surface area contributed by atoms with Gasteiger partial charge in [0.2, 0.25) is 5.75 Å². The molecular weight excluding hydrogens is 537 g/mol. The SMILES string of the molecule is CN=C(NCc1cc(OC)c(OC)c(OC)c1)N(C)Cc1ccc(Br)cc1.I. The highest BCUT2D eigenvalue weighted by Gasteiger charge is 2.14. The molecule has 28 heavy (non-hydrogen) atoms. The highest BCUT2D eigenvalue weighted by molar-refractivity contribution is 14.0. The molecule has 0 spiro atoms. The number of hydrogen-bond donors (Lipinski definition) is 1. The molecule has 0 radical (unpaired) electrons. The molecule has 6 nitrogen and oxygen atoms in total. The number of aliphatic imine (C=N–C) groups is 1. The van der Waals surface area contributed by atoms with E-state index in [1.807, 2.05) is 31.3 Å². The van der Waals surface area contributed by atoms with E-state index < -0.39 is 0 Å². The maximum Gasteiger partial charge on any atom is 0.203 e. The number of ether oxygens (including phenoxy) is 3. The molecule has 1 N–H and O–H groups in total. The summed E-state index contributed by atoms with van der Waals surface area (Å²) in [6, 6.07) is 12.1. The lowest BCUT2D eigenvalue weighted by Crippen LogP contribution is -2.38. The van der Waals surface area contributed by atoms with Crippen molar-refractivity contribution in [3.05, 3.63) is 52.0 Å². The van der Waals surface area contributed by atoms with Gasteiger partial charge in [-0.05, 0) is 35.4 Å². The fourth-order valence-electron chi connectivity index (χ4n) is 2.74. The van der Waals surface area contributed by atoms with Gasteiger partial charge in [-0.3, -0.25) is 4.99 Å². The first kappa shape index (κ1) is 24.4. The summed E-state index contributed by atoms with van der Waals surface area (Å²) >= 11 is 3.46. The van der Waals surface area contributed by atoms with Gasteiger partial charge in [-0.2, -0.15) is 0 Å². The van der Waals surface area contributed by atoms with Crippen molar-refractivity contribution in [2.24, 2.45) is 4.99 Å². The molecule has 0 bridgehead atoms. The van der Waals surface area contributed by atoms with E-state index in [-0.39, 0.29) is 24.0 Å². The van der Waals surface area contributed by atoms with Crippen LogP contribution >= 0.6 is 39.9 Å². The van der Waals surface area contributed by atoms with Gasteiger partial charge in [0, 0.05) is 31.7 Å². The number of methoxy groups -OCH3 is 3. The standard InChI is InChI=1S/C20H26BrN3O3.HI/c1-22-20(24(2)13-14-6-8-16(21)9-7-14)23-12-15-10-17(25-3)19(27-5)18(11-15)26-4;/h6-11H,12-13H2,1-5H3,(H,22,23);1H. The number of nitrogens with zero attached hydrogens (tertiary/aromatic N) is 2. The Hall–Kier alpha value is -1.68. The summed E-state index contributed by atoms with van der Waals surface area (Å²) in [6.07, 6.45) is 0. The van der Waals surface area contributed by atoms with Gasteiger partial charge in [-0.25, -0.2) is 0 Å². The molecule has 0 aliphatic carbocycles. The van der Waals surface area contributed by atoms with Crippen LogP contribution in [0.15, 0.2) is 45.9 Å². The molecule has 8 heteroatoms. The first-order valence-electron chi connectivity index (χ1n) is 8.47. The molecule has 0 amide bonds. The Kier molecular flexibility index (Phi) is 10.4. The average molecular weight is 564 g/mol. The minimum Gasteiger partial charge on any atom is -0.493 e. The normalized spacial score (nSPS) is 10.7. The van der Waals surface area contributed by atoms with Gasteiger partial charge in [-0.15, -0.1) is 24.0 Å². The Morgan fingerprint density at radius 1 is 1.00 bits per heavy atom. The third-order valence-electron chi connectivity index (χ3n) is 4.08. The minimum absolute atomic E-state index is 0. The summed E-state index contributed by atoms with van der Waals surface area (Å²) in [5, 5.41) is 3.37. The van der Waals surface area contributed by atoms with Crippen molar-refractivity contribution < 1.29 is 14.2 Å². The maximum atomic E-state index is 5.41. The zero-order valence-electron chi connectivity index (χ0n) is 16.8. The van der Waals surface area contributed by atoms with Crippen molar-refractivity contribution in [2.75, 3.05) is 35.4 Å². The molecule has 0 aliphatic rings. The number of nitrogens with one attached hydrogen (secondary N) is 1. The topological polar surface area (TPSA) is 55.3 Å². The summed E-state index contributed by atoms with van der Waals surface area (Å²) in [5.74, 6) is 2.64. The second-order valence-corrected chi connectivity index (χ2v) is 6.83. The largest absolute Gasteiger partial charge is 0.493 e. The predicted molar refractivity (Wildman–Crippen MR) is 127 cm³/mol. The van der Waals surface area contributed by atoms with E-state index in [1.54, 1.807) is 28.4 Å². The van der Waals surface area contributed by atoms with Gasteiger partial charge in [-0.1, -0.05) is 28.1 Å². The van der Waals surface area contributed by atoms with Gasteiger partial charge < -0.3 is 24.4 Å². The molecule has 0 aromatic heterocycles. The zero-order chi connectivity index (χ0) is 19.8. The van der Waals surface area contributed by atoms with Crippen LogP contribution in [0.3, 0.4) is 0 Å². The molecule has 0 unspecified atom stereocenters. The van der Waals surface area contributed by atoms with Crippen LogP contribution in [0.25, 0.3) is 0 Å². The first-order valence-corrected chi connectivity index (χ1v) is 9.26. The summed E-state index contributed by atoms with van der Waals surface area (Å²) in [6.45, 7) is 1.33. The quantitative estimate of drug-likeness (QED) is 0.309. The molecule has 0 aliphatic heterocycles. The van der Waals surface area contributed by atoms with Gasteiger partial charge in [0.25, 0.3) is 0 Å². The number of halogens is 2. The number of benzene rings is 2. The van der Waals surface area contributed by atoms with Crippen molar-refractivity contribution in [1.82, 2.24) is 10.2 Å². The second kappa shape index (κ2) is 12.0. The van der Waals surface area contributed by atoms with Crippen LogP contribution in [0, 0.1) is 0 Å². The number of guanidine groups is 1. The molecule has 0 saturated heterocycles. The third kappa shape index (κ3) is 6.44. The maximum absolute atomic E-state index is 5.41. The predicted octanol–water partition coefficient (Wildman–Crippen LogP) is 4.30. The monoisotopic (exact) mass is 563 g/mol. The fraction of sp³-hybridized carbons (Fsp3) is 0.350. The van der Waals surface area contributed by atoms with Crippen molar-refractivity contribution in [1.29, 1.82) is 0 Å². The van der Waals surface area contributed by atoms with Crippen LogP contribution in [-0.2, 0) is 13.1 Å². The molecule has 2 rings (SSSR count). The minimum atomic E-state index is 0. The Morgan fingerprint density at radius 2 is 1.57 bits per heavy atom. The molecule has 2 aromatic carbocycles. The van der Waals surface area contributed by atoms with Crippen molar-refractivity contribution in [2.45, 2.75) is 13.1 Å². The number of rotatable bonds is 7. The van der Waals surface area contributed by atoms with Crippen molar-refractivity contribution >= 4 is 45.9 Å². The van der Waals surface area contributed by atoms with Crippen LogP contribution in [0.1, 0.15) is 11.1 Å². The lowest BCUT2D eigenvalue weighted by atomic mass is 10.1. The molecule has 154 valence electrons. The van der Waals surface area contributed by atoms with Crippen LogP contribution in [0.2, 0.25) is 0 Å². The van der Waals surface area contributed by atoms with E-state index in [1.165, 1.54) is 5.56 Å². The van der Waals surface area contributed by atoms with Crippen LogP contribution < -0.4 is 19.5 Å². The van der Waals surface area contributed by atoms with Gasteiger partial charge in [0.1, 0.15) is 0 Å². The van der Waals surface area contributed by atoms with E-state index in [2.05, 4.69) is 43.3 Å². The summed E-state index contributed by atoms with van der Waals surface area (Å²) < 4.78 is 17.3. The van der Waals surface area contributed by atoms with E-state index in [0.29, 0.717) is 23.8 Å². The Bertz CT molecular complexity index is 760. The van der Waals surface area contributed by atoms with E-state index in [4.69, 9.17) is 14.2 Å². The van der Waals surface area contributed by atoms with Gasteiger partial charge >= 0.3 is 0 Å². The van der Waals surface area contributed by atoms with Crippen molar-refractivity contribution in [3.8, 4) is 17.2 Å². The van der Waals surface area contributed by atoms with E-state index >= 15 is 0 Å². The summed E-state index contributed by atoms with van der Waals surface area (Å²) in [7, 11) is 8.60. The zero-order valence-corrected chi connectivity index (χ0v) is 20.7. The molecule has 0 saturated carbocycles. The molecule has 0 atom stereocenters. The van der Waals surface area contributed by atoms with Crippen molar-refractivity contribution in [3.63, 3.8) is 0 Å². The second-order valence-electron chi connectivity index (χ2n) is 5.92. The lowest BCUT2D eigenvalue weighted by molar-refractivity contribution is 0.323. The van der Waals surface area contributed by atoms with Crippen LogP contribution in [-0.4, -0.2) is 46.3 Å². The van der Waals surface area contributed by atoms with Crippen LogP contribution in [0.5, 0.6) is 17.2 Å². The molecular formula is C20H27BrIN3O3. The van der Waals surface area contributed by atoms with E-state index in [9.17, 15) is 0 Å². The van der Waals surface area contributed by atoms with Gasteiger partial charge in [0.05, 0.1) is 21.3 Å². The third-order valence-corrected chi connectivity index (χ3v) is 4.61. The first-order chi connectivity index (χ1) is 13.0. The Labute approximate surface area is 192 Å². The number of hydrogen-bond acceptors (Lipinski definition) is 4. The molecule has 2 aromatic rings. The van der Waals surface area contributed by atoms with E-state index in [0.717, 1.165) is 22.5 Å². The highest BCUT2D eigenvalue weighted by Crippen LogP contribution is 2.38. The summed E-state index contributed by atoms with van der Waals surface area (Å²) in [5.41, 5.74) is 2.21. The summed E-state index contributed by atoms with van der Waals surface area (Å²) in [4.78, 5) is 6.44. The molecule has 0 fully saturated rings. The Balaban J connectivity index is 0.00000392. The van der Waals surface area contributed by atoms with Crippen LogP contribution in [0.4, 0.5) is 0 Å². The molecule has 0 heterocycles. The average Bonchev–Trinajstić information content (AvgIpc) is 2.69. The highest BCUT2D eigenvalue weighted by atomic mass is 127. The van der Waals surface area contributed by atoms with Gasteiger partial charge in [0.15, 0.2) is 17.5 Å². The lowest BCUT2D eigenvalue weighted by Gasteiger charge is -2.22. The Morgan fingerprint density at radius 3 is 2.04 bits per heavy atom. The smallest absolute Gasteiger partial charge is 0.203 e. The fourth-order valence-corrected chi connectivity index (χ4v) is 3.01.